The summed E-state index contributed by atoms with van der Waals surface area (Å²) >= 11 is -3.67. The van der Waals surface area contributed by atoms with Crippen LogP contribution in [0.15, 0.2) is 36.4 Å². The summed E-state index contributed by atoms with van der Waals surface area (Å²) in [6.45, 7) is 6.32. The molecule has 0 radical (unpaired) electrons. The molecule has 2 unspecified atom stereocenters. The predicted octanol–water partition coefficient (Wildman–Crippen LogP) is 4.68. The number of nitrogens with zero attached hydrogens (tertiary/aromatic N) is 2. The number of aryl methyl sites for hydroxylation is 3. The van der Waals surface area contributed by atoms with Crippen molar-refractivity contribution in [3.8, 4) is 0 Å². The summed E-state index contributed by atoms with van der Waals surface area (Å²) in [4.78, 5) is 12.6. The number of amides is 1. The zero-order valence-corrected chi connectivity index (χ0v) is 17.1. The summed E-state index contributed by atoms with van der Waals surface area (Å²) in [6.07, 6.45) is 0. The zero-order valence-electron chi connectivity index (χ0n) is 13.1. The van der Waals surface area contributed by atoms with Gasteiger partial charge in [-0.25, -0.2) is 0 Å². The van der Waals surface area contributed by atoms with E-state index in [-0.39, 0.29) is 11.9 Å². The summed E-state index contributed by atoms with van der Waals surface area (Å²) in [5, 5.41) is 0. The number of hydrogen-bond acceptors (Lipinski definition) is 2. The molecule has 0 aliphatic carbocycles. The second-order valence-corrected chi connectivity index (χ2v) is 18.3. The van der Waals surface area contributed by atoms with E-state index in [2.05, 4.69) is 32.9 Å². The van der Waals surface area contributed by atoms with E-state index in [1.807, 2.05) is 27.2 Å². The van der Waals surface area contributed by atoms with Gasteiger partial charge in [-0.05, 0) is 0 Å². The summed E-state index contributed by atoms with van der Waals surface area (Å²) in [7, 11) is 13.2. The van der Waals surface area contributed by atoms with Crippen molar-refractivity contribution >= 4 is 22.9 Å². The van der Waals surface area contributed by atoms with Crippen LogP contribution < -0.4 is 0 Å². The van der Waals surface area contributed by atoms with Gasteiger partial charge in [0.25, 0.3) is 0 Å². The van der Waals surface area contributed by atoms with E-state index in [0.29, 0.717) is 5.56 Å². The van der Waals surface area contributed by atoms with Gasteiger partial charge in [0.15, 0.2) is 0 Å². The number of rotatable bonds is 1. The van der Waals surface area contributed by atoms with E-state index in [0.717, 1.165) is 5.56 Å². The van der Waals surface area contributed by atoms with E-state index >= 15 is 0 Å². The molecule has 2 aromatic rings. The quantitative estimate of drug-likeness (QED) is 0.618. The Morgan fingerprint density at radius 1 is 1.04 bits per heavy atom. The van der Waals surface area contributed by atoms with Gasteiger partial charge in [-0.1, -0.05) is 0 Å². The molecule has 2 aromatic carbocycles. The van der Waals surface area contributed by atoms with Crippen LogP contribution in [0.5, 0.6) is 0 Å². The van der Waals surface area contributed by atoms with Crippen molar-refractivity contribution in [2.75, 3.05) is 0 Å². The second-order valence-electron chi connectivity index (χ2n) is 6.27. The molecule has 0 saturated carbocycles. The number of carbonyl (C=O) groups excluding carboxylic acids is 1. The van der Waals surface area contributed by atoms with Crippen LogP contribution >= 0.6 is 17.0 Å². The van der Waals surface area contributed by atoms with Gasteiger partial charge in [0, 0.05) is 0 Å². The minimum atomic E-state index is -3.67. The van der Waals surface area contributed by atoms with Crippen molar-refractivity contribution in [1.29, 1.82) is 0 Å². The summed E-state index contributed by atoms with van der Waals surface area (Å²) in [5.74, 6) is -0.0555. The number of hydrogen-bond donors (Lipinski definition) is 0. The maximum atomic E-state index is 12.6. The first-order valence-electron chi connectivity index (χ1n) is 7.52. The van der Waals surface area contributed by atoms with Crippen LogP contribution in [0.1, 0.15) is 44.2 Å². The Kier molecular flexibility index (Phi) is 3.55. The van der Waals surface area contributed by atoms with E-state index in [1.165, 1.54) is 22.3 Å². The molecule has 0 spiro atoms. The van der Waals surface area contributed by atoms with Gasteiger partial charge in [-0.3, -0.25) is 0 Å². The van der Waals surface area contributed by atoms with E-state index in [4.69, 9.17) is 17.0 Å². The molecule has 2 aliphatic rings. The molecule has 118 valence electrons. The fourth-order valence-corrected chi connectivity index (χ4v) is 14.3. The molecule has 2 aliphatic heterocycles. The van der Waals surface area contributed by atoms with Crippen molar-refractivity contribution < 1.29 is 23.3 Å². The molecule has 1 fully saturated rings. The van der Waals surface area contributed by atoms with Crippen LogP contribution in [0.3, 0.4) is 0 Å². The molecule has 4 rings (SSSR count). The molecule has 0 aromatic heterocycles. The topological polar surface area (TPSA) is 23.1 Å². The van der Waals surface area contributed by atoms with Gasteiger partial charge in [-0.15, -0.1) is 0 Å². The summed E-state index contributed by atoms with van der Waals surface area (Å²) in [6, 6.07) is 12.0. The van der Waals surface area contributed by atoms with Crippen LogP contribution in [-0.4, -0.2) is 11.8 Å². The van der Waals surface area contributed by atoms with Crippen LogP contribution in [-0.2, 0) is 18.5 Å². The van der Waals surface area contributed by atoms with Crippen LogP contribution in [0.2, 0.25) is 0 Å². The van der Waals surface area contributed by atoms with Gasteiger partial charge in [0.1, 0.15) is 0 Å². The molecule has 2 atom stereocenters. The van der Waals surface area contributed by atoms with Gasteiger partial charge in [0.2, 0.25) is 0 Å². The minimum absolute atomic E-state index is 0.0555. The Morgan fingerprint density at radius 2 is 1.65 bits per heavy atom. The predicted molar refractivity (Wildman–Crippen MR) is 88.7 cm³/mol. The molecule has 23 heavy (non-hydrogen) atoms. The first-order valence-corrected chi connectivity index (χ1v) is 16.0. The molecule has 6 heteroatoms. The Morgan fingerprint density at radius 3 is 2.30 bits per heavy atom. The normalized spacial score (nSPS) is 24.2. The van der Waals surface area contributed by atoms with Crippen LogP contribution in [0.4, 0.5) is 0 Å². The SMILES string of the molecule is Cc1cc(C)c(C2c3ccccc3C(=O)[N]3[N]2[Zr]3([Cl])[Cl])c(C)c1. The van der Waals surface area contributed by atoms with Crippen LogP contribution in [0.25, 0.3) is 0 Å². The second kappa shape index (κ2) is 5.16. The van der Waals surface area contributed by atoms with Gasteiger partial charge in [0.05, 0.1) is 0 Å². The number of carbonyl (C=O) groups is 1. The fraction of sp³-hybridized carbons (Fsp3) is 0.235. The Bertz CT molecular complexity index is 829. The average Bonchev–Trinajstić information content (AvgIpc) is 3.04. The number of fused-ring (bicyclic) bond motifs is 2. The summed E-state index contributed by atoms with van der Waals surface area (Å²) in [5.41, 5.74) is 6.58. The molecule has 0 bridgehead atoms. The Hall–Kier alpha value is -0.667. The summed E-state index contributed by atoms with van der Waals surface area (Å²) < 4.78 is 3.61. The molecule has 1 amide bonds. The maximum absolute atomic E-state index is 12.6. The third-order valence-electron chi connectivity index (χ3n) is 4.64. The standard InChI is InChI=1S/C17H16N2O.2ClH.Zr/c1-10-8-11(2)15(12(3)9-10)16-13-6-4-5-7-14(13)17(20)19-18-16;;;/h4-9,16H,1-3H3;2*1H;/q-2;;;+4/p-2. The Balaban J connectivity index is 1.98. The van der Waals surface area contributed by atoms with Gasteiger partial charge < -0.3 is 0 Å². The molecular formula is C17H16Cl2N2OZr. The number of hydrazine groups is 1. The van der Waals surface area contributed by atoms with E-state index in [1.54, 1.807) is 2.95 Å². The first kappa shape index (κ1) is 15.8. The fourth-order valence-electron chi connectivity index (χ4n) is 3.76. The van der Waals surface area contributed by atoms with E-state index < -0.39 is 18.5 Å². The van der Waals surface area contributed by atoms with Gasteiger partial charge in [-0.2, -0.15) is 0 Å². The van der Waals surface area contributed by atoms with Crippen molar-refractivity contribution in [1.82, 2.24) is 5.91 Å². The first-order chi connectivity index (χ1) is 10.8. The van der Waals surface area contributed by atoms with Crippen molar-refractivity contribution in [2.45, 2.75) is 26.8 Å². The molecule has 3 nitrogen and oxygen atoms in total. The van der Waals surface area contributed by atoms with Crippen LogP contribution in [0, 0.1) is 20.8 Å². The van der Waals surface area contributed by atoms with E-state index in [9.17, 15) is 4.79 Å². The molecule has 1 saturated heterocycles. The van der Waals surface area contributed by atoms with Crippen molar-refractivity contribution in [2.24, 2.45) is 0 Å². The third-order valence-corrected chi connectivity index (χ3v) is 12.9. The van der Waals surface area contributed by atoms with Crippen molar-refractivity contribution in [3.05, 3.63) is 69.8 Å². The molecule has 0 N–H and O–H groups in total. The Labute approximate surface area is 148 Å². The molecule has 2 heterocycles. The zero-order chi connectivity index (χ0) is 16.5. The average molecular weight is 426 g/mol. The van der Waals surface area contributed by atoms with Crippen molar-refractivity contribution in [3.63, 3.8) is 0 Å². The number of halogens is 2. The third kappa shape index (κ3) is 2.19. The number of benzene rings is 2. The van der Waals surface area contributed by atoms with Gasteiger partial charge >= 0.3 is 149 Å². The molecular weight excluding hydrogens is 410 g/mol. The monoisotopic (exact) mass is 424 g/mol.